The molecule has 1 aromatic rings. The largest absolute Gasteiger partial charge is 0.351 e. The van der Waals surface area contributed by atoms with Gasteiger partial charge in [0, 0.05) is 38.4 Å². The third-order valence-corrected chi connectivity index (χ3v) is 5.86. The standard InChI is InChI=1S/C23H33N3O3/c1-15(2)18-6-4-17(5-7-18)14-21(24-16(3)27)22(28)25-20-10-12-26(13-11-20)23(29)19-8-9-19/h4-7,15,19-21H,8-14H2,1-3H3,(H,24,27)(H,25,28). The summed E-state index contributed by atoms with van der Waals surface area (Å²) in [6, 6.07) is 7.66. The highest BCUT2D eigenvalue weighted by Gasteiger charge is 2.35. The average Bonchev–Trinajstić information content (AvgIpc) is 3.53. The normalized spacial score (nSPS) is 18.4. The van der Waals surface area contributed by atoms with Gasteiger partial charge in [-0.2, -0.15) is 0 Å². The fourth-order valence-electron chi connectivity index (χ4n) is 3.86. The van der Waals surface area contributed by atoms with Gasteiger partial charge in [-0.25, -0.2) is 0 Å². The lowest BCUT2D eigenvalue weighted by Gasteiger charge is -2.33. The quantitative estimate of drug-likeness (QED) is 0.739. The predicted molar refractivity (Wildman–Crippen MR) is 112 cm³/mol. The van der Waals surface area contributed by atoms with Crippen molar-refractivity contribution in [1.82, 2.24) is 15.5 Å². The van der Waals surface area contributed by atoms with E-state index in [0.717, 1.165) is 31.2 Å². The van der Waals surface area contributed by atoms with E-state index in [2.05, 4.69) is 36.6 Å². The minimum absolute atomic E-state index is 0.0466. The van der Waals surface area contributed by atoms with Gasteiger partial charge < -0.3 is 15.5 Å². The Morgan fingerprint density at radius 2 is 1.66 bits per heavy atom. The maximum absolute atomic E-state index is 12.9. The number of carbonyl (C=O) groups excluding carboxylic acids is 3. The van der Waals surface area contributed by atoms with Gasteiger partial charge >= 0.3 is 0 Å². The Hall–Kier alpha value is -2.37. The van der Waals surface area contributed by atoms with Crippen molar-refractivity contribution in [3.8, 4) is 0 Å². The molecule has 1 unspecified atom stereocenters. The summed E-state index contributed by atoms with van der Waals surface area (Å²) in [4.78, 5) is 38.6. The van der Waals surface area contributed by atoms with Gasteiger partial charge in [0.15, 0.2) is 0 Å². The molecule has 29 heavy (non-hydrogen) atoms. The first-order valence-electron chi connectivity index (χ1n) is 10.8. The molecule has 6 nitrogen and oxygen atoms in total. The zero-order valence-electron chi connectivity index (χ0n) is 17.7. The highest BCUT2D eigenvalue weighted by Crippen LogP contribution is 2.31. The number of amides is 3. The number of benzene rings is 1. The van der Waals surface area contributed by atoms with Gasteiger partial charge in [0.1, 0.15) is 6.04 Å². The third kappa shape index (κ3) is 6.05. The molecule has 0 spiro atoms. The van der Waals surface area contributed by atoms with Gasteiger partial charge in [0.2, 0.25) is 17.7 Å². The molecule has 1 aliphatic carbocycles. The van der Waals surface area contributed by atoms with Gasteiger partial charge in [-0.05, 0) is 42.7 Å². The smallest absolute Gasteiger partial charge is 0.243 e. The molecule has 0 aromatic heterocycles. The number of piperidine rings is 1. The summed E-state index contributed by atoms with van der Waals surface area (Å²) in [6.07, 6.45) is 4.03. The fraction of sp³-hybridized carbons (Fsp3) is 0.609. The van der Waals surface area contributed by atoms with E-state index in [9.17, 15) is 14.4 Å². The van der Waals surface area contributed by atoms with E-state index in [4.69, 9.17) is 0 Å². The molecule has 1 atom stereocenters. The van der Waals surface area contributed by atoms with Crippen LogP contribution >= 0.6 is 0 Å². The van der Waals surface area contributed by atoms with E-state index >= 15 is 0 Å². The number of carbonyl (C=O) groups is 3. The summed E-state index contributed by atoms with van der Waals surface area (Å²) in [5.41, 5.74) is 2.27. The molecule has 1 aromatic carbocycles. The second-order valence-electron chi connectivity index (χ2n) is 8.74. The summed E-state index contributed by atoms with van der Waals surface area (Å²) >= 11 is 0. The van der Waals surface area contributed by atoms with Gasteiger partial charge in [0.25, 0.3) is 0 Å². The summed E-state index contributed by atoms with van der Waals surface area (Å²) in [7, 11) is 0. The molecule has 0 radical (unpaired) electrons. The molecule has 6 heteroatoms. The van der Waals surface area contributed by atoms with Crippen LogP contribution in [-0.4, -0.2) is 47.8 Å². The van der Waals surface area contributed by atoms with Crippen molar-refractivity contribution in [3.63, 3.8) is 0 Å². The van der Waals surface area contributed by atoms with Crippen molar-refractivity contribution < 1.29 is 14.4 Å². The topological polar surface area (TPSA) is 78.5 Å². The van der Waals surface area contributed by atoms with E-state index in [1.54, 1.807) is 0 Å². The molecule has 3 rings (SSSR count). The van der Waals surface area contributed by atoms with Crippen molar-refractivity contribution in [2.45, 2.75) is 70.9 Å². The third-order valence-electron chi connectivity index (χ3n) is 5.86. The Morgan fingerprint density at radius 3 is 2.17 bits per heavy atom. The molecule has 0 bridgehead atoms. The van der Waals surface area contributed by atoms with Crippen LogP contribution in [0.15, 0.2) is 24.3 Å². The molecule has 2 aliphatic rings. The molecule has 3 amide bonds. The van der Waals surface area contributed by atoms with Crippen LogP contribution in [0.2, 0.25) is 0 Å². The second kappa shape index (κ2) is 9.42. The SMILES string of the molecule is CC(=O)NC(Cc1ccc(C(C)C)cc1)C(=O)NC1CCN(C(=O)C2CC2)CC1. The lowest BCUT2D eigenvalue weighted by atomic mass is 9.98. The molecule has 2 N–H and O–H groups in total. The highest BCUT2D eigenvalue weighted by molar-refractivity contribution is 5.87. The second-order valence-corrected chi connectivity index (χ2v) is 8.74. The Labute approximate surface area is 173 Å². The van der Waals surface area contributed by atoms with E-state index in [0.29, 0.717) is 25.4 Å². The molecule has 1 saturated heterocycles. The zero-order valence-corrected chi connectivity index (χ0v) is 17.7. The summed E-state index contributed by atoms with van der Waals surface area (Å²) < 4.78 is 0. The maximum atomic E-state index is 12.9. The van der Waals surface area contributed by atoms with Crippen LogP contribution in [0, 0.1) is 5.92 Å². The average molecular weight is 400 g/mol. The fourth-order valence-corrected chi connectivity index (χ4v) is 3.86. The summed E-state index contributed by atoms with van der Waals surface area (Å²) in [5, 5.41) is 5.88. The Morgan fingerprint density at radius 1 is 1.03 bits per heavy atom. The minimum Gasteiger partial charge on any atom is -0.351 e. The van der Waals surface area contributed by atoms with Crippen LogP contribution in [0.1, 0.15) is 63.5 Å². The van der Waals surface area contributed by atoms with Gasteiger partial charge in [0.05, 0.1) is 0 Å². The number of likely N-dealkylation sites (tertiary alicyclic amines) is 1. The minimum atomic E-state index is -0.594. The molecule has 1 heterocycles. The monoisotopic (exact) mass is 399 g/mol. The maximum Gasteiger partial charge on any atom is 0.243 e. The molecule has 1 aliphatic heterocycles. The van der Waals surface area contributed by atoms with Crippen molar-refractivity contribution >= 4 is 17.7 Å². The summed E-state index contributed by atoms with van der Waals surface area (Å²) in [5.74, 6) is 0.605. The van der Waals surface area contributed by atoms with Crippen molar-refractivity contribution in [3.05, 3.63) is 35.4 Å². The van der Waals surface area contributed by atoms with Crippen LogP contribution in [0.25, 0.3) is 0 Å². The molecular weight excluding hydrogens is 366 g/mol. The van der Waals surface area contributed by atoms with Crippen molar-refractivity contribution in [2.24, 2.45) is 5.92 Å². The Bertz CT molecular complexity index is 732. The van der Waals surface area contributed by atoms with Gasteiger partial charge in [-0.15, -0.1) is 0 Å². The number of nitrogens with zero attached hydrogens (tertiary/aromatic N) is 1. The molecule has 1 saturated carbocycles. The number of rotatable bonds is 7. The van der Waals surface area contributed by atoms with E-state index in [1.165, 1.54) is 12.5 Å². The zero-order chi connectivity index (χ0) is 21.0. The van der Waals surface area contributed by atoms with Crippen LogP contribution in [0.3, 0.4) is 0 Å². The first kappa shape index (κ1) is 21.3. The Kier molecular flexibility index (Phi) is 6.93. The van der Waals surface area contributed by atoms with Crippen LogP contribution < -0.4 is 10.6 Å². The lowest BCUT2D eigenvalue weighted by Crippen LogP contribution is -2.53. The van der Waals surface area contributed by atoms with Crippen LogP contribution in [0.5, 0.6) is 0 Å². The lowest BCUT2D eigenvalue weighted by molar-refractivity contribution is -0.134. The van der Waals surface area contributed by atoms with Gasteiger partial charge in [-0.3, -0.25) is 14.4 Å². The number of hydrogen-bond acceptors (Lipinski definition) is 3. The van der Waals surface area contributed by atoms with E-state index in [1.807, 2.05) is 17.0 Å². The van der Waals surface area contributed by atoms with Crippen LogP contribution in [0.4, 0.5) is 0 Å². The van der Waals surface area contributed by atoms with E-state index < -0.39 is 6.04 Å². The van der Waals surface area contributed by atoms with E-state index in [-0.39, 0.29) is 29.7 Å². The van der Waals surface area contributed by atoms with Crippen LogP contribution in [-0.2, 0) is 20.8 Å². The number of hydrogen-bond donors (Lipinski definition) is 2. The van der Waals surface area contributed by atoms with Gasteiger partial charge in [-0.1, -0.05) is 38.1 Å². The Balaban J connectivity index is 1.54. The molecular formula is C23H33N3O3. The molecule has 158 valence electrons. The highest BCUT2D eigenvalue weighted by atomic mass is 16.2. The van der Waals surface area contributed by atoms with Crippen molar-refractivity contribution in [2.75, 3.05) is 13.1 Å². The van der Waals surface area contributed by atoms with Crippen molar-refractivity contribution in [1.29, 1.82) is 0 Å². The predicted octanol–water partition coefficient (Wildman–Crippen LogP) is 2.37. The number of nitrogens with one attached hydrogen (secondary N) is 2. The molecule has 2 fully saturated rings. The first-order valence-corrected chi connectivity index (χ1v) is 10.8. The summed E-state index contributed by atoms with van der Waals surface area (Å²) in [6.45, 7) is 7.12. The first-order chi connectivity index (χ1) is 13.8.